The molecular weight excluding hydrogens is 276 g/mol. The highest BCUT2D eigenvalue weighted by atomic mass is 32.1. The van der Waals surface area contributed by atoms with Gasteiger partial charge in [-0.25, -0.2) is 4.79 Å². The van der Waals surface area contributed by atoms with Crippen molar-refractivity contribution in [2.45, 2.75) is 18.9 Å². The monoisotopic (exact) mass is 294 g/mol. The number of rotatable bonds is 8. The second kappa shape index (κ2) is 8.87. The van der Waals surface area contributed by atoms with E-state index in [4.69, 9.17) is 16.6 Å². The molecule has 0 radical (unpaired) electrons. The van der Waals surface area contributed by atoms with Crippen LogP contribution in [0.4, 0.5) is 0 Å². The van der Waals surface area contributed by atoms with Gasteiger partial charge in [0.2, 0.25) is 0 Å². The van der Waals surface area contributed by atoms with Crippen LogP contribution in [0, 0.1) is 0 Å². The Hall–Kier alpha value is -2.15. The van der Waals surface area contributed by atoms with Gasteiger partial charge < -0.3 is 16.6 Å². The molecule has 0 fully saturated rings. The fourth-order valence-corrected chi connectivity index (χ4v) is 2.06. The lowest BCUT2D eigenvalue weighted by Gasteiger charge is -2.05. The van der Waals surface area contributed by atoms with Crippen molar-refractivity contribution in [3.05, 3.63) is 28.5 Å². The molecule has 1 atom stereocenters. The molecule has 7 heteroatoms. The Morgan fingerprint density at radius 2 is 2.30 bits per heavy atom. The first-order valence-corrected chi connectivity index (χ1v) is 7.04. The Labute approximate surface area is 121 Å². The van der Waals surface area contributed by atoms with Crippen molar-refractivity contribution in [3.63, 3.8) is 0 Å². The van der Waals surface area contributed by atoms with E-state index in [1.807, 2.05) is 22.9 Å². The Balaban J connectivity index is 2.42. The molecular formula is C13H18N4O2S. The van der Waals surface area contributed by atoms with E-state index in [9.17, 15) is 4.79 Å². The number of allylic oxidation sites excluding steroid dienone is 1. The maximum absolute atomic E-state index is 11.0. The molecule has 0 bridgehead atoms. The summed E-state index contributed by atoms with van der Waals surface area (Å²) in [7, 11) is 0. The molecule has 0 saturated carbocycles. The Bertz CT molecular complexity index is 490. The zero-order chi connectivity index (χ0) is 14.8. The van der Waals surface area contributed by atoms with Crippen LogP contribution in [-0.2, 0) is 4.79 Å². The first-order valence-electron chi connectivity index (χ1n) is 6.10. The maximum Gasteiger partial charge on any atom is 0.328 e. The number of hydrogen-bond acceptors (Lipinski definition) is 4. The van der Waals surface area contributed by atoms with Crippen molar-refractivity contribution in [3.8, 4) is 0 Å². The second-order valence-corrected chi connectivity index (χ2v) is 4.80. The minimum atomic E-state index is -0.949. The van der Waals surface area contributed by atoms with Crippen molar-refractivity contribution < 1.29 is 9.90 Å². The third kappa shape index (κ3) is 6.69. The highest BCUT2D eigenvalue weighted by Gasteiger charge is 2.13. The lowest BCUT2D eigenvalue weighted by Crippen LogP contribution is -2.23. The summed E-state index contributed by atoms with van der Waals surface area (Å²) in [5.74, 6) is -0.936. The van der Waals surface area contributed by atoms with Gasteiger partial charge in [0, 0.05) is 12.8 Å². The van der Waals surface area contributed by atoms with E-state index in [0.717, 1.165) is 5.56 Å². The van der Waals surface area contributed by atoms with Gasteiger partial charge in [0.25, 0.3) is 0 Å². The fourth-order valence-electron chi connectivity index (χ4n) is 1.43. The van der Waals surface area contributed by atoms with E-state index in [-0.39, 0.29) is 5.96 Å². The van der Waals surface area contributed by atoms with E-state index in [2.05, 4.69) is 9.98 Å². The minimum Gasteiger partial charge on any atom is -0.480 e. The third-order valence-corrected chi connectivity index (χ3v) is 3.10. The molecule has 0 aromatic carbocycles. The zero-order valence-electron chi connectivity index (χ0n) is 11.0. The van der Waals surface area contributed by atoms with Crippen LogP contribution in [0.1, 0.15) is 18.4 Å². The first-order chi connectivity index (χ1) is 9.59. The van der Waals surface area contributed by atoms with Crippen LogP contribution < -0.4 is 11.5 Å². The molecule has 1 heterocycles. The summed E-state index contributed by atoms with van der Waals surface area (Å²) in [6.45, 7) is 0.409. The van der Waals surface area contributed by atoms with Crippen LogP contribution in [0.5, 0.6) is 0 Å². The van der Waals surface area contributed by atoms with Crippen LogP contribution in [0.15, 0.2) is 32.9 Å². The molecule has 1 rings (SSSR count). The van der Waals surface area contributed by atoms with Crippen molar-refractivity contribution in [2.75, 3.05) is 6.54 Å². The number of carboxylic acid groups (broad SMARTS) is 1. The van der Waals surface area contributed by atoms with Crippen molar-refractivity contribution in [1.82, 2.24) is 0 Å². The zero-order valence-corrected chi connectivity index (χ0v) is 11.8. The van der Waals surface area contributed by atoms with Crippen molar-refractivity contribution >= 4 is 35.6 Å². The minimum absolute atomic E-state index is 0.0130. The summed E-state index contributed by atoms with van der Waals surface area (Å²) in [6.07, 6.45) is 6.08. The van der Waals surface area contributed by atoms with Crippen LogP contribution in [0.25, 0.3) is 6.08 Å². The summed E-state index contributed by atoms with van der Waals surface area (Å²) in [4.78, 5) is 18.9. The molecule has 0 unspecified atom stereocenters. The fraction of sp³-hybridized carbons (Fsp3) is 0.308. The molecule has 0 saturated heterocycles. The van der Waals surface area contributed by atoms with Gasteiger partial charge in [0.15, 0.2) is 5.96 Å². The predicted octanol–water partition coefficient (Wildman–Crippen LogP) is 1.34. The number of nitrogens with two attached hydrogens (primary N) is 2. The number of aliphatic carboxylic acids is 1. The lowest BCUT2D eigenvalue weighted by molar-refractivity contribution is -0.138. The molecule has 108 valence electrons. The van der Waals surface area contributed by atoms with Crippen molar-refractivity contribution in [1.29, 1.82) is 0 Å². The Morgan fingerprint density at radius 1 is 1.50 bits per heavy atom. The average Bonchev–Trinajstić information content (AvgIpc) is 2.89. The summed E-state index contributed by atoms with van der Waals surface area (Å²) in [5, 5.41) is 13.0. The summed E-state index contributed by atoms with van der Waals surface area (Å²) in [6, 6.07) is 1.20. The topological polar surface area (TPSA) is 114 Å². The lowest BCUT2D eigenvalue weighted by atomic mass is 10.1. The molecule has 0 amide bonds. The molecule has 5 N–H and O–H groups in total. The molecule has 0 aliphatic carbocycles. The normalized spacial score (nSPS) is 12.8. The van der Waals surface area contributed by atoms with Gasteiger partial charge in [0.1, 0.15) is 6.04 Å². The number of aliphatic imine (C=N–C) groups is 2. The SMILES string of the molecule is NC(N)=NCCC[C@H](N=C/C=C/c1ccsc1)C(=O)O. The number of carboxylic acids is 1. The van der Waals surface area contributed by atoms with E-state index in [1.165, 1.54) is 6.21 Å². The second-order valence-electron chi connectivity index (χ2n) is 4.02. The Kier molecular flexibility index (Phi) is 7.05. The standard InChI is InChI=1S/C13H18N4O2S/c14-13(15)17-7-2-4-11(12(18)19)16-6-1-3-10-5-8-20-9-10/h1,3,5-6,8-9,11H,2,4,7H2,(H,18,19)(H4,14,15,17)/b3-1+,16-6?/t11-/m0/s1. The average molecular weight is 294 g/mol. The summed E-state index contributed by atoms with van der Waals surface area (Å²) in [5.41, 5.74) is 11.4. The largest absolute Gasteiger partial charge is 0.480 e. The van der Waals surface area contributed by atoms with Gasteiger partial charge in [-0.1, -0.05) is 6.08 Å². The van der Waals surface area contributed by atoms with Gasteiger partial charge in [0.05, 0.1) is 0 Å². The molecule has 0 aliphatic heterocycles. The van der Waals surface area contributed by atoms with Crippen LogP contribution in [0.2, 0.25) is 0 Å². The number of hydrogen-bond donors (Lipinski definition) is 3. The highest BCUT2D eigenvalue weighted by Crippen LogP contribution is 2.07. The molecule has 1 aromatic heterocycles. The van der Waals surface area contributed by atoms with E-state index in [0.29, 0.717) is 19.4 Å². The number of guanidine groups is 1. The number of thiophene rings is 1. The van der Waals surface area contributed by atoms with Gasteiger partial charge in [-0.3, -0.25) is 9.98 Å². The quantitative estimate of drug-likeness (QED) is 0.381. The number of nitrogens with zero attached hydrogens (tertiary/aromatic N) is 2. The van der Waals surface area contributed by atoms with Crippen LogP contribution >= 0.6 is 11.3 Å². The van der Waals surface area contributed by atoms with E-state index >= 15 is 0 Å². The Morgan fingerprint density at radius 3 is 2.90 bits per heavy atom. The highest BCUT2D eigenvalue weighted by molar-refractivity contribution is 7.08. The van der Waals surface area contributed by atoms with Crippen molar-refractivity contribution in [2.24, 2.45) is 21.5 Å². The van der Waals surface area contributed by atoms with Gasteiger partial charge >= 0.3 is 5.97 Å². The molecule has 0 spiro atoms. The number of carbonyl (C=O) groups is 1. The molecule has 1 aromatic rings. The molecule has 20 heavy (non-hydrogen) atoms. The summed E-state index contributed by atoms with van der Waals surface area (Å²) >= 11 is 1.60. The molecule has 0 aliphatic rings. The smallest absolute Gasteiger partial charge is 0.328 e. The first kappa shape index (κ1) is 15.9. The van der Waals surface area contributed by atoms with Gasteiger partial charge in [-0.05, 0) is 41.3 Å². The predicted molar refractivity (Wildman–Crippen MR) is 83.2 cm³/mol. The van der Waals surface area contributed by atoms with Crippen LogP contribution in [-0.4, -0.2) is 35.8 Å². The molecule has 6 nitrogen and oxygen atoms in total. The third-order valence-electron chi connectivity index (χ3n) is 2.40. The van der Waals surface area contributed by atoms with Crippen LogP contribution in [0.3, 0.4) is 0 Å². The van der Waals surface area contributed by atoms with Gasteiger partial charge in [-0.15, -0.1) is 0 Å². The maximum atomic E-state index is 11.0. The van der Waals surface area contributed by atoms with E-state index in [1.54, 1.807) is 17.4 Å². The van der Waals surface area contributed by atoms with Gasteiger partial charge in [-0.2, -0.15) is 11.3 Å². The summed E-state index contributed by atoms with van der Waals surface area (Å²) < 4.78 is 0. The van der Waals surface area contributed by atoms with E-state index < -0.39 is 12.0 Å².